The Balaban J connectivity index is 0.00000794. The molecule has 0 bridgehead atoms. The number of nitrogens with zero attached hydrogens (tertiary/aromatic N) is 2. The van der Waals surface area contributed by atoms with Crippen LogP contribution in [0.25, 0.3) is 0 Å². The third-order valence-electron chi connectivity index (χ3n) is 11.5. The van der Waals surface area contributed by atoms with E-state index in [1.54, 1.807) is 0 Å². The van der Waals surface area contributed by atoms with Crippen LogP contribution in [0.2, 0.25) is 0 Å². The maximum atomic E-state index is 12.1. The number of hydrogen-bond acceptors (Lipinski definition) is 9. The molecule has 3 aliphatic rings. The van der Waals surface area contributed by atoms with E-state index in [-0.39, 0.29) is 72.2 Å². The molecule has 0 radical (unpaired) electrons. The molecule has 1 aliphatic carbocycles. The number of amides is 1. The zero-order chi connectivity index (χ0) is 42.8. The van der Waals surface area contributed by atoms with Crippen LogP contribution in [0.3, 0.4) is 0 Å². The number of para-hydroxylation sites is 2. The van der Waals surface area contributed by atoms with E-state index in [1.165, 1.54) is 27.2 Å². The van der Waals surface area contributed by atoms with Crippen LogP contribution in [-0.4, -0.2) is 60.8 Å². The Morgan fingerprint density at radius 2 is 1.53 bits per heavy atom. The molecule has 60 heavy (non-hydrogen) atoms. The summed E-state index contributed by atoms with van der Waals surface area (Å²) in [7, 11) is -4.80. The number of rotatable bonds is 20. The summed E-state index contributed by atoms with van der Waals surface area (Å²) in [4.78, 5) is 36.9. The first kappa shape index (κ1) is 49.1. The number of carbonyl (C=O) groups excluding carboxylic acids is 3. The van der Waals surface area contributed by atoms with Gasteiger partial charge in [0.1, 0.15) is 6.54 Å². The summed E-state index contributed by atoms with van der Waals surface area (Å²) in [6.07, 6.45) is 16.2. The van der Waals surface area contributed by atoms with Crippen molar-refractivity contribution >= 4 is 56.8 Å². The van der Waals surface area contributed by atoms with Crippen molar-refractivity contribution in [3.05, 3.63) is 106 Å². The second-order valence-electron chi connectivity index (χ2n) is 16.5. The zero-order valence-electron chi connectivity index (χ0n) is 35.7. The molecule has 0 unspecified atom stereocenters. The van der Waals surface area contributed by atoms with E-state index in [0.29, 0.717) is 32.2 Å². The number of hydrogen-bond donors (Lipinski definition) is 1. The first-order valence-electron chi connectivity index (χ1n) is 20.7. The van der Waals surface area contributed by atoms with E-state index in [4.69, 9.17) is 16.3 Å². The van der Waals surface area contributed by atoms with Crippen molar-refractivity contribution < 1.29 is 71.3 Å². The average molecular weight is 870 g/mol. The fourth-order valence-electron chi connectivity index (χ4n) is 8.44. The molecule has 1 N–H and O–H groups in total. The predicted molar refractivity (Wildman–Crippen MR) is 228 cm³/mol. The van der Waals surface area contributed by atoms with Gasteiger partial charge >= 0.3 is 35.5 Å². The van der Waals surface area contributed by atoms with Crippen LogP contribution in [0.15, 0.2) is 94.7 Å². The molecule has 1 amide bonds. The molecule has 14 heteroatoms. The van der Waals surface area contributed by atoms with Crippen molar-refractivity contribution in [2.75, 3.05) is 24.6 Å². The number of nitrogens with one attached hydrogen (secondary N) is 1. The monoisotopic (exact) mass is 869 g/mol. The van der Waals surface area contributed by atoms with Gasteiger partial charge in [-0.05, 0) is 100 Å². The van der Waals surface area contributed by atoms with Crippen LogP contribution in [-0.2, 0) is 40.3 Å². The molecule has 2 heterocycles. The Morgan fingerprint density at radius 3 is 2.27 bits per heavy atom. The fourth-order valence-corrected chi connectivity index (χ4v) is 9.14. The number of benzene rings is 2. The Hall–Kier alpha value is -3.52. The van der Waals surface area contributed by atoms with Gasteiger partial charge in [-0.15, -0.1) is 0 Å². The van der Waals surface area contributed by atoms with Crippen LogP contribution >= 0.6 is 11.6 Å². The normalized spacial score (nSPS) is 18.2. The SMILES string of the molecule is CC1(C)C(/C=C/C2=C(Cl)C(=C/C=C3/N(CCCCCC(=O)OCCCC(=O)[O-])c4ccccc4C3(C)C)/CCC2)=[N+](CCCCCC(=O)NS(=O)(=O)[O-])c2ccccc21.[Na+]. The summed E-state index contributed by atoms with van der Waals surface area (Å²) < 4.78 is 41.5. The van der Waals surface area contributed by atoms with E-state index < -0.39 is 22.2 Å². The van der Waals surface area contributed by atoms with Crippen molar-refractivity contribution in [2.24, 2.45) is 0 Å². The molecular formula is C46H57ClN3NaO8S. The standard InChI is InChI=1S/C46H58ClN3O8S.Na/c1-45(2)35-19-9-11-21-37(35)49(30-13-5-7-23-41(51)48-59(55,56)57)39(45)28-26-33-17-15-18-34(44(33)47)27-29-40-46(3,4)36-20-10-12-22-38(36)50(40)31-14-6-8-25-43(54)58-32-16-24-42(52)53;/h9-12,19-22,26-29H,5-8,13-18,23-25,30-32H2,1-4H3,(H2-,48,51,52,53,55,56,57);/q;+1/p-1. The largest absolute Gasteiger partial charge is 1.00 e. The van der Waals surface area contributed by atoms with Gasteiger partial charge in [-0.1, -0.05) is 80.4 Å². The summed E-state index contributed by atoms with van der Waals surface area (Å²) >= 11 is 7.23. The van der Waals surface area contributed by atoms with Gasteiger partial charge in [0, 0.05) is 71.3 Å². The summed E-state index contributed by atoms with van der Waals surface area (Å²) in [5, 5.41) is 11.4. The van der Waals surface area contributed by atoms with E-state index in [2.05, 4.69) is 104 Å². The number of carboxylic acids is 1. The molecule has 0 spiro atoms. The maximum Gasteiger partial charge on any atom is 1.00 e. The van der Waals surface area contributed by atoms with Crippen LogP contribution in [0, 0.1) is 0 Å². The number of fused-ring (bicyclic) bond motifs is 2. The summed E-state index contributed by atoms with van der Waals surface area (Å²) in [6.45, 7) is 10.5. The fraction of sp³-hybridized carbons (Fsp3) is 0.478. The second kappa shape index (κ2) is 22.0. The summed E-state index contributed by atoms with van der Waals surface area (Å²) in [6, 6.07) is 16.9. The summed E-state index contributed by atoms with van der Waals surface area (Å²) in [5.41, 5.74) is 8.84. The van der Waals surface area contributed by atoms with E-state index in [9.17, 15) is 32.5 Å². The van der Waals surface area contributed by atoms with Gasteiger partial charge in [0.2, 0.25) is 11.6 Å². The molecule has 2 aromatic rings. The first-order chi connectivity index (χ1) is 28.0. The molecule has 0 saturated heterocycles. The number of esters is 1. The zero-order valence-corrected chi connectivity index (χ0v) is 39.3. The van der Waals surface area contributed by atoms with Crippen LogP contribution in [0.4, 0.5) is 11.4 Å². The van der Waals surface area contributed by atoms with Gasteiger partial charge in [0.05, 0.1) is 12.0 Å². The molecule has 11 nitrogen and oxygen atoms in total. The van der Waals surface area contributed by atoms with E-state index in [0.717, 1.165) is 72.6 Å². The minimum atomic E-state index is -4.80. The Bertz CT molecular complexity index is 2170. The molecule has 0 fully saturated rings. The third kappa shape index (κ3) is 12.8. The van der Waals surface area contributed by atoms with Gasteiger partial charge < -0.3 is 24.1 Å². The summed E-state index contributed by atoms with van der Waals surface area (Å²) in [5.74, 6) is -2.23. The van der Waals surface area contributed by atoms with E-state index in [1.807, 2.05) is 6.07 Å². The number of carbonyl (C=O) groups is 3. The molecule has 2 aliphatic heterocycles. The Labute approximate surface area is 382 Å². The molecule has 0 aromatic heterocycles. The minimum absolute atomic E-state index is 0. The van der Waals surface area contributed by atoms with Gasteiger partial charge in [-0.25, -0.2) is 8.42 Å². The Kier molecular flexibility index (Phi) is 18.0. The van der Waals surface area contributed by atoms with Crippen molar-refractivity contribution in [3.8, 4) is 0 Å². The molecule has 0 saturated carbocycles. The van der Waals surface area contributed by atoms with Gasteiger partial charge in [0.25, 0.3) is 0 Å². The number of aliphatic carboxylic acids is 1. The molecule has 2 aromatic carbocycles. The third-order valence-corrected chi connectivity index (χ3v) is 12.5. The van der Waals surface area contributed by atoms with Crippen LogP contribution < -0.4 is 44.3 Å². The van der Waals surface area contributed by atoms with Crippen molar-refractivity contribution in [3.63, 3.8) is 0 Å². The first-order valence-corrected chi connectivity index (χ1v) is 22.5. The predicted octanol–water partition coefficient (Wildman–Crippen LogP) is 4.68. The van der Waals surface area contributed by atoms with Crippen molar-refractivity contribution in [1.29, 1.82) is 0 Å². The van der Waals surface area contributed by atoms with Crippen LogP contribution in [0.1, 0.15) is 122 Å². The smallest absolute Gasteiger partial charge is 0.731 e. The number of halogens is 1. The van der Waals surface area contributed by atoms with Crippen LogP contribution in [0.5, 0.6) is 0 Å². The molecular weight excluding hydrogens is 813 g/mol. The topological polar surface area (TPSA) is 159 Å². The van der Waals surface area contributed by atoms with Crippen molar-refractivity contribution in [2.45, 2.75) is 122 Å². The van der Waals surface area contributed by atoms with Crippen molar-refractivity contribution in [1.82, 2.24) is 4.72 Å². The molecule has 318 valence electrons. The average Bonchev–Trinajstić information content (AvgIpc) is 3.52. The number of allylic oxidation sites excluding steroid dienone is 8. The van der Waals surface area contributed by atoms with Gasteiger partial charge in [-0.3, -0.25) is 14.3 Å². The maximum absolute atomic E-state index is 12.1. The second-order valence-corrected chi connectivity index (χ2v) is 18.0. The Morgan fingerprint density at radius 1 is 0.850 bits per heavy atom. The number of unbranched alkanes of at least 4 members (excludes halogenated alkanes) is 4. The number of ether oxygens (including phenoxy) is 1. The molecule has 5 rings (SSSR count). The number of anilines is 1. The molecule has 0 atom stereocenters. The van der Waals surface area contributed by atoms with Gasteiger partial charge in [-0.2, -0.15) is 4.58 Å². The number of carboxylic acid groups (broad SMARTS) is 1. The quantitative estimate of drug-likeness (QED) is 0.0656. The minimum Gasteiger partial charge on any atom is -0.731 e. The van der Waals surface area contributed by atoms with Gasteiger partial charge in [0.15, 0.2) is 16.0 Å². The van der Waals surface area contributed by atoms with E-state index >= 15 is 0 Å².